The Morgan fingerprint density at radius 1 is 1.25 bits per heavy atom. The highest BCUT2D eigenvalue weighted by Gasteiger charge is 1.97. The standard InChI is InChI=1S/C12H14O2.C2H6/c1-10(13)9-12(14)8-7-11-5-3-2-4-6-11;1-2/h2-6,9,14H,7-8H2,1H3;1-2H3/b12-9-;. The maximum atomic E-state index is 10.6. The van der Waals surface area contributed by atoms with Crippen LogP contribution in [-0.4, -0.2) is 10.9 Å². The number of aryl methyl sites for hydroxylation is 1. The molecule has 2 heteroatoms. The molecule has 0 aliphatic heterocycles. The molecule has 1 aromatic rings. The van der Waals surface area contributed by atoms with Crippen LogP contribution < -0.4 is 0 Å². The number of benzene rings is 1. The first-order valence-corrected chi connectivity index (χ1v) is 5.62. The van der Waals surface area contributed by atoms with Gasteiger partial charge in [0.15, 0.2) is 5.78 Å². The Kier molecular flexibility index (Phi) is 7.86. The van der Waals surface area contributed by atoms with Gasteiger partial charge in [0.05, 0.1) is 5.76 Å². The van der Waals surface area contributed by atoms with Crippen molar-refractivity contribution in [2.75, 3.05) is 0 Å². The van der Waals surface area contributed by atoms with Gasteiger partial charge in [-0.25, -0.2) is 0 Å². The third-order valence-corrected chi connectivity index (χ3v) is 1.88. The van der Waals surface area contributed by atoms with Gasteiger partial charge >= 0.3 is 0 Å². The maximum Gasteiger partial charge on any atom is 0.155 e. The fraction of sp³-hybridized carbons (Fsp3) is 0.357. The number of aliphatic hydroxyl groups is 1. The first-order chi connectivity index (χ1) is 7.68. The summed E-state index contributed by atoms with van der Waals surface area (Å²) < 4.78 is 0. The van der Waals surface area contributed by atoms with Gasteiger partial charge in [0.1, 0.15) is 0 Å². The first-order valence-electron chi connectivity index (χ1n) is 5.62. The lowest BCUT2D eigenvalue weighted by Crippen LogP contribution is -1.91. The summed E-state index contributed by atoms with van der Waals surface area (Å²) in [6.07, 6.45) is 2.54. The minimum Gasteiger partial charge on any atom is -0.512 e. The summed E-state index contributed by atoms with van der Waals surface area (Å²) in [5.41, 5.74) is 1.16. The highest BCUT2D eigenvalue weighted by atomic mass is 16.3. The van der Waals surface area contributed by atoms with Gasteiger partial charge in [-0.3, -0.25) is 4.79 Å². The summed E-state index contributed by atoms with van der Waals surface area (Å²) in [7, 11) is 0. The van der Waals surface area contributed by atoms with Crippen LogP contribution in [0.15, 0.2) is 42.2 Å². The van der Waals surface area contributed by atoms with Crippen LogP contribution in [0.5, 0.6) is 0 Å². The van der Waals surface area contributed by atoms with Gasteiger partial charge in [-0.15, -0.1) is 0 Å². The van der Waals surface area contributed by atoms with Crippen LogP contribution in [0.25, 0.3) is 0 Å². The van der Waals surface area contributed by atoms with E-state index in [1.54, 1.807) is 0 Å². The van der Waals surface area contributed by atoms with Gasteiger partial charge in [0.2, 0.25) is 0 Å². The van der Waals surface area contributed by atoms with Crippen molar-refractivity contribution in [3.05, 3.63) is 47.7 Å². The second-order valence-electron chi connectivity index (χ2n) is 3.23. The molecule has 0 fully saturated rings. The number of ketones is 1. The second-order valence-corrected chi connectivity index (χ2v) is 3.23. The molecular formula is C14H20O2. The Hall–Kier alpha value is -1.57. The zero-order valence-electron chi connectivity index (χ0n) is 10.2. The molecule has 0 aliphatic rings. The largest absolute Gasteiger partial charge is 0.512 e. The third-order valence-electron chi connectivity index (χ3n) is 1.88. The Labute approximate surface area is 97.6 Å². The van der Waals surface area contributed by atoms with E-state index in [9.17, 15) is 9.90 Å². The summed E-state index contributed by atoms with van der Waals surface area (Å²) in [4.78, 5) is 10.6. The molecule has 0 spiro atoms. The SMILES string of the molecule is CC.CC(=O)/C=C(\O)CCc1ccccc1. The number of rotatable bonds is 4. The Morgan fingerprint density at radius 3 is 2.31 bits per heavy atom. The van der Waals surface area contributed by atoms with Crippen molar-refractivity contribution < 1.29 is 9.90 Å². The van der Waals surface area contributed by atoms with Crippen LogP contribution in [0.3, 0.4) is 0 Å². The molecule has 0 amide bonds. The van der Waals surface area contributed by atoms with Gasteiger partial charge in [-0.05, 0) is 18.9 Å². The van der Waals surface area contributed by atoms with Gasteiger partial charge in [0.25, 0.3) is 0 Å². The number of carbonyl (C=O) groups is 1. The van der Waals surface area contributed by atoms with Gasteiger partial charge in [-0.1, -0.05) is 44.2 Å². The van der Waals surface area contributed by atoms with Crippen LogP contribution in [0.1, 0.15) is 32.8 Å². The van der Waals surface area contributed by atoms with Crippen molar-refractivity contribution in [3.63, 3.8) is 0 Å². The van der Waals surface area contributed by atoms with Crippen molar-refractivity contribution in [1.82, 2.24) is 0 Å². The Morgan fingerprint density at radius 2 is 1.81 bits per heavy atom. The molecule has 2 nitrogen and oxygen atoms in total. The summed E-state index contributed by atoms with van der Waals surface area (Å²) in [5, 5.41) is 9.32. The fourth-order valence-electron chi connectivity index (χ4n) is 1.22. The minimum absolute atomic E-state index is 0.115. The van der Waals surface area contributed by atoms with Crippen LogP contribution in [0.4, 0.5) is 0 Å². The number of carbonyl (C=O) groups excluding carboxylic acids is 1. The molecule has 16 heavy (non-hydrogen) atoms. The molecule has 1 rings (SSSR count). The van der Waals surface area contributed by atoms with E-state index in [4.69, 9.17) is 0 Å². The highest BCUT2D eigenvalue weighted by molar-refractivity contribution is 5.87. The molecule has 1 aromatic carbocycles. The quantitative estimate of drug-likeness (QED) is 0.621. The van der Waals surface area contributed by atoms with E-state index in [0.717, 1.165) is 12.0 Å². The number of allylic oxidation sites excluding steroid dienone is 2. The van der Waals surface area contributed by atoms with Crippen molar-refractivity contribution >= 4 is 5.78 Å². The lowest BCUT2D eigenvalue weighted by molar-refractivity contribution is -0.112. The molecule has 0 saturated heterocycles. The second kappa shape index (κ2) is 8.72. The van der Waals surface area contributed by atoms with E-state index in [1.165, 1.54) is 13.0 Å². The average Bonchev–Trinajstić information content (AvgIpc) is 2.30. The zero-order chi connectivity index (χ0) is 12.4. The van der Waals surface area contributed by atoms with E-state index in [2.05, 4.69) is 0 Å². The lowest BCUT2D eigenvalue weighted by atomic mass is 10.1. The smallest absolute Gasteiger partial charge is 0.155 e. The van der Waals surface area contributed by atoms with Gasteiger partial charge in [-0.2, -0.15) is 0 Å². The Bertz CT molecular complexity index is 326. The summed E-state index contributed by atoms with van der Waals surface area (Å²) in [6.45, 7) is 5.43. The average molecular weight is 220 g/mol. The van der Waals surface area contributed by atoms with E-state index >= 15 is 0 Å². The van der Waals surface area contributed by atoms with Crippen molar-refractivity contribution in [2.24, 2.45) is 0 Å². The normalized spacial score (nSPS) is 10.3. The summed E-state index contributed by atoms with van der Waals surface area (Å²) >= 11 is 0. The maximum absolute atomic E-state index is 10.6. The van der Waals surface area contributed by atoms with E-state index < -0.39 is 0 Å². The molecular weight excluding hydrogens is 200 g/mol. The van der Waals surface area contributed by atoms with Crippen molar-refractivity contribution in [2.45, 2.75) is 33.6 Å². The molecule has 0 aromatic heterocycles. The number of hydrogen-bond acceptors (Lipinski definition) is 2. The van der Waals surface area contributed by atoms with Gasteiger partial charge < -0.3 is 5.11 Å². The number of hydrogen-bond donors (Lipinski definition) is 1. The minimum atomic E-state index is -0.115. The first kappa shape index (κ1) is 14.4. The van der Waals surface area contributed by atoms with Gasteiger partial charge in [0, 0.05) is 12.5 Å². The molecule has 0 radical (unpaired) electrons. The van der Waals surface area contributed by atoms with Crippen LogP contribution >= 0.6 is 0 Å². The molecule has 0 atom stereocenters. The monoisotopic (exact) mass is 220 g/mol. The lowest BCUT2D eigenvalue weighted by Gasteiger charge is -1.99. The van der Waals surface area contributed by atoms with E-state index in [-0.39, 0.29) is 11.5 Å². The summed E-state index contributed by atoms with van der Waals surface area (Å²) in [6, 6.07) is 9.87. The predicted octanol–water partition coefficient (Wildman–Crippen LogP) is 3.68. The third kappa shape index (κ3) is 6.82. The van der Waals surface area contributed by atoms with Crippen LogP contribution in [0.2, 0.25) is 0 Å². The molecule has 0 bridgehead atoms. The van der Waals surface area contributed by atoms with Crippen LogP contribution in [-0.2, 0) is 11.2 Å². The fourth-order valence-corrected chi connectivity index (χ4v) is 1.22. The molecule has 88 valence electrons. The zero-order valence-corrected chi connectivity index (χ0v) is 10.2. The Balaban J connectivity index is 0.00000106. The molecule has 1 N–H and O–H groups in total. The topological polar surface area (TPSA) is 37.3 Å². The predicted molar refractivity (Wildman–Crippen MR) is 67.5 cm³/mol. The van der Waals surface area contributed by atoms with Crippen LogP contribution in [0, 0.1) is 0 Å². The summed E-state index contributed by atoms with van der Waals surface area (Å²) in [5.74, 6) is 0.0388. The highest BCUT2D eigenvalue weighted by Crippen LogP contribution is 2.06. The van der Waals surface area contributed by atoms with E-state index in [0.29, 0.717) is 6.42 Å². The van der Waals surface area contributed by atoms with Crippen molar-refractivity contribution in [3.8, 4) is 0 Å². The molecule has 0 heterocycles. The number of aliphatic hydroxyl groups excluding tert-OH is 1. The molecule has 0 unspecified atom stereocenters. The van der Waals surface area contributed by atoms with E-state index in [1.807, 2.05) is 44.2 Å². The molecule has 0 saturated carbocycles. The molecule has 0 aliphatic carbocycles. The van der Waals surface area contributed by atoms with Crippen molar-refractivity contribution in [1.29, 1.82) is 0 Å².